The number of rotatable bonds is 34. The Kier molecular flexibility index (Phi) is 31.7. The molecular weight excluding hydrogens is 512 g/mol. The van der Waals surface area contributed by atoms with Crippen LogP contribution in [0.3, 0.4) is 0 Å². The van der Waals surface area contributed by atoms with Gasteiger partial charge in [-0.15, -0.1) is 0 Å². The molecule has 0 aliphatic heterocycles. The van der Waals surface area contributed by atoms with Crippen molar-refractivity contribution in [3.8, 4) is 0 Å². The van der Waals surface area contributed by atoms with Gasteiger partial charge < -0.3 is 25.2 Å². The van der Waals surface area contributed by atoms with Crippen molar-refractivity contribution < 1.29 is 19.4 Å². The summed E-state index contributed by atoms with van der Waals surface area (Å²) >= 11 is 0. The quantitative estimate of drug-likeness (QED) is 0.0579. The van der Waals surface area contributed by atoms with Crippen LogP contribution in [0.1, 0.15) is 175 Å². The molecule has 6 heteroatoms. The Morgan fingerprint density at radius 2 is 1.10 bits per heavy atom. The van der Waals surface area contributed by atoms with Crippen molar-refractivity contribution in [2.45, 2.75) is 187 Å². The van der Waals surface area contributed by atoms with Crippen molar-refractivity contribution in [3.05, 3.63) is 0 Å². The number of ether oxygens (including phenoxy) is 2. The van der Waals surface area contributed by atoms with Crippen LogP contribution < -0.4 is 5.73 Å². The van der Waals surface area contributed by atoms with Crippen molar-refractivity contribution in [1.29, 1.82) is 0 Å². The topological polar surface area (TPSA) is 85.0 Å². The van der Waals surface area contributed by atoms with Crippen LogP contribution in [0.5, 0.6) is 0 Å². The molecule has 3 N–H and O–H groups in total. The van der Waals surface area contributed by atoms with Gasteiger partial charge in [-0.2, -0.15) is 0 Å². The Labute approximate surface area is 255 Å². The molecule has 0 saturated heterocycles. The summed E-state index contributed by atoms with van der Waals surface area (Å²) in [6, 6.07) is 0.566. The fraction of sp³-hybridized carbons (Fsp3) is 0.971. The first-order chi connectivity index (χ1) is 20.0. The molecule has 0 fully saturated rings. The van der Waals surface area contributed by atoms with Gasteiger partial charge in [0.25, 0.3) is 0 Å². The number of carboxylic acids is 1. The molecular formula is C35H72N2O4. The molecule has 1 atom stereocenters. The lowest BCUT2D eigenvalue weighted by atomic mass is 10.0. The highest BCUT2D eigenvalue weighted by Crippen LogP contribution is 2.16. The third-order valence-electron chi connectivity index (χ3n) is 8.27. The van der Waals surface area contributed by atoms with Crippen LogP contribution in [-0.4, -0.2) is 61.2 Å². The Morgan fingerprint density at radius 1 is 0.634 bits per heavy atom. The van der Waals surface area contributed by atoms with Crippen molar-refractivity contribution in [2.75, 3.05) is 32.8 Å². The van der Waals surface area contributed by atoms with Crippen LogP contribution in [-0.2, 0) is 14.3 Å². The molecule has 0 aromatic carbocycles. The van der Waals surface area contributed by atoms with E-state index < -0.39 is 5.97 Å². The maximum atomic E-state index is 10.7. The predicted octanol–water partition coefficient (Wildman–Crippen LogP) is 9.48. The van der Waals surface area contributed by atoms with E-state index in [9.17, 15) is 4.79 Å². The number of carboxylic acid groups (broad SMARTS) is 1. The van der Waals surface area contributed by atoms with E-state index in [4.69, 9.17) is 20.3 Å². The maximum Gasteiger partial charge on any atom is 0.303 e. The molecule has 0 aromatic rings. The lowest BCUT2D eigenvalue weighted by Crippen LogP contribution is -2.35. The highest BCUT2D eigenvalue weighted by molar-refractivity contribution is 5.66. The fourth-order valence-corrected chi connectivity index (χ4v) is 5.49. The van der Waals surface area contributed by atoms with E-state index in [1.807, 2.05) is 0 Å². The zero-order valence-corrected chi connectivity index (χ0v) is 27.9. The van der Waals surface area contributed by atoms with Crippen molar-refractivity contribution >= 4 is 5.97 Å². The van der Waals surface area contributed by atoms with Gasteiger partial charge >= 0.3 is 5.97 Å². The van der Waals surface area contributed by atoms with Crippen molar-refractivity contribution in [2.24, 2.45) is 5.73 Å². The largest absolute Gasteiger partial charge is 0.481 e. The van der Waals surface area contributed by atoms with Crippen LogP contribution in [0.2, 0.25) is 0 Å². The highest BCUT2D eigenvalue weighted by atomic mass is 16.7. The zero-order valence-electron chi connectivity index (χ0n) is 27.9. The third kappa shape index (κ3) is 29.2. The number of nitrogens with zero attached hydrogens (tertiary/aromatic N) is 1. The standard InChI is InChI=1S/C35H72N2O4/c1-4-6-8-10-16-22-31-40-35(41-32-23-17-11-9-7-5-2)27-20-14-15-21-29-37(30-24-28-36)33(3)25-18-12-13-19-26-34(38)39/h33,35H,4-32,36H2,1-3H3,(H,38,39). The predicted molar refractivity (Wildman–Crippen MR) is 176 cm³/mol. The lowest BCUT2D eigenvalue weighted by Gasteiger charge is -2.29. The highest BCUT2D eigenvalue weighted by Gasteiger charge is 2.14. The Hall–Kier alpha value is -0.690. The van der Waals surface area contributed by atoms with Crippen LogP contribution >= 0.6 is 0 Å². The van der Waals surface area contributed by atoms with Gasteiger partial charge in [0.2, 0.25) is 0 Å². The first-order valence-electron chi connectivity index (χ1n) is 17.9. The molecule has 0 heterocycles. The summed E-state index contributed by atoms with van der Waals surface area (Å²) in [7, 11) is 0. The molecule has 0 radical (unpaired) electrons. The minimum Gasteiger partial charge on any atom is -0.481 e. The zero-order chi connectivity index (χ0) is 30.2. The van der Waals surface area contributed by atoms with Crippen molar-refractivity contribution in [3.63, 3.8) is 0 Å². The molecule has 0 saturated carbocycles. The lowest BCUT2D eigenvalue weighted by molar-refractivity contribution is -0.148. The van der Waals surface area contributed by atoms with Gasteiger partial charge in [-0.25, -0.2) is 0 Å². The first kappa shape index (κ1) is 40.3. The molecule has 246 valence electrons. The van der Waals surface area contributed by atoms with Crippen LogP contribution in [0, 0.1) is 0 Å². The van der Waals surface area contributed by atoms with E-state index in [1.165, 1.54) is 103 Å². The van der Waals surface area contributed by atoms with Crippen LogP contribution in [0.4, 0.5) is 0 Å². The monoisotopic (exact) mass is 585 g/mol. The number of hydrogen-bond donors (Lipinski definition) is 2. The minimum absolute atomic E-state index is 0.0298. The molecule has 0 aliphatic carbocycles. The Balaban J connectivity index is 4.26. The second-order valence-electron chi connectivity index (χ2n) is 12.3. The Morgan fingerprint density at radius 3 is 1.66 bits per heavy atom. The fourth-order valence-electron chi connectivity index (χ4n) is 5.49. The second-order valence-corrected chi connectivity index (χ2v) is 12.3. The van der Waals surface area contributed by atoms with Gasteiger partial charge in [0, 0.05) is 25.7 Å². The molecule has 1 unspecified atom stereocenters. The summed E-state index contributed by atoms with van der Waals surface area (Å²) in [5.41, 5.74) is 5.82. The normalized spacial score (nSPS) is 12.5. The molecule has 0 amide bonds. The molecule has 0 bridgehead atoms. The number of unbranched alkanes of at least 4 members (excludes halogenated alkanes) is 16. The van der Waals surface area contributed by atoms with Gasteiger partial charge in [0.15, 0.2) is 6.29 Å². The summed E-state index contributed by atoms with van der Waals surface area (Å²) in [5, 5.41) is 8.80. The van der Waals surface area contributed by atoms with Crippen LogP contribution in [0.15, 0.2) is 0 Å². The number of hydrogen-bond acceptors (Lipinski definition) is 5. The average molecular weight is 585 g/mol. The summed E-state index contributed by atoms with van der Waals surface area (Å²) in [4.78, 5) is 13.3. The van der Waals surface area contributed by atoms with Gasteiger partial charge in [0.05, 0.1) is 0 Å². The number of nitrogens with two attached hydrogens (primary N) is 1. The summed E-state index contributed by atoms with van der Waals surface area (Å²) in [6.07, 6.45) is 28.1. The maximum absolute atomic E-state index is 10.7. The van der Waals surface area contributed by atoms with Gasteiger partial charge in [-0.3, -0.25) is 4.79 Å². The van der Waals surface area contributed by atoms with E-state index in [1.54, 1.807) is 0 Å². The van der Waals surface area contributed by atoms with Crippen LogP contribution in [0.25, 0.3) is 0 Å². The molecule has 0 spiro atoms. The van der Waals surface area contributed by atoms with E-state index in [0.717, 1.165) is 77.8 Å². The van der Waals surface area contributed by atoms with Gasteiger partial charge in [0.1, 0.15) is 0 Å². The van der Waals surface area contributed by atoms with E-state index in [-0.39, 0.29) is 6.29 Å². The molecule has 0 aliphatic rings. The SMILES string of the molecule is CCCCCCCCOC(CCCCCCN(CCCN)C(C)CCCCCCC(=O)O)OCCCCCCCC. The van der Waals surface area contributed by atoms with E-state index >= 15 is 0 Å². The van der Waals surface area contributed by atoms with Gasteiger partial charge in [-0.05, 0) is 77.9 Å². The second kappa shape index (κ2) is 32.2. The first-order valence-corrected chi connectivity index (χ1v) is 17.9. The summed E-state index contributed by atoms with van der Waals surface area (Å²) in [5.74, 6) is -0.678. The smallest absolute Gasteiger partial charge is 0.303 e. The number of aliphatic carboxylic acids is 1. The third-order valence-corrected chi connectivity index (χ3v) is 8.27. The summed E-state index contributed by atoms with van der Waals surface area (Å²) < 4.78 is 12.4. The van der Waals surface area contributed by atoms with Gasteiger partial charge in [-0.1, -0.05) is 110 Å². The number of carbonyl (C=O) groups is 1. The molecule has 0 rings (SSSR count). The average Bonchev–Trinajstić information content (AvgIpc) is 2.96. The Bertz CT molecular complexity index is 516. The summed E-state index contributed by atoms with van der Waals surface area (Å²) in [6.45, 7) is 11.5. The molecule has 0 aromatic heterocycles. The van der Waals surface area contributed by atoms with Crippen molar-refractivity contribution in [1.82, 2.24) is 4.90 Å². The minimum atomic E-state index is -0.678. The van der Waals surface area contributed by atoms with E-state index in [0.29, 0.717) is 12.5 Å². The molecule has 41 heavy (non-hydrogen) atoms. The van der Waals surface area contributed by atoms with E-state index in [2.05, 4.69) is 25.7 Å². The molecule has 6 nitrogen and oxygen atoms in total.